The third kappa shape index (κ3) is 3.73. The number of furan rings is 1. The topological polar surface area (TPSA) is 18.1 Å². The SMILES string of the molecule is c1ccc(-c2ccc(C3c4ccc(-c5ccccc5)cc4C4c5c3cc3oc6ccccc6c3c5-c3cccc5c6ccccc6n4c35)cc2)cc1. The predicted octanol–water partition coefficient (Wildman–Crippen LogP) is 13.1. The summed E-state index contributed by atoms with van der Waals surface area (Å²) in [5.41, 5.74) is 18.6. The van der Waals surface area contributed by atoms with Gasteiger partial charge in [0.2, 0.25) is 0 Å². The zero-order valence-corrected chi connectivity index (χ0v) is 28.3. The Morgan fingerprint density at radius 3 is 1.90 bits per heavy atom. The van der Waals surface area contributed by atoms with Gasteiger partial charge in [-0.25, -0.2) is 0 Å². The molecule has 242 valence electrons. The number of hydrogen-bond acceptors (Lipinski definition) is 1. The number of rotatable bonds is 3. The Balaban J connectivity index is 1.24. The van der Waals surface area contributed by atoms with Crippen LogP contribution in [0, 0.1) is 0 Å². The summed E-state index contributed by atoms with van der Waals surface area (Å²) < 4.78 is 9.44. The lowest BCUT2D eigenvalue weighted by Gasteiger charge is -2.40. The van der Waals surface area contributed by atoms with Gasteiger partial charge in [-0.15, -0.1) is 0 Å². The second-order valence-electron chi connectivity index (χ2n) is 14.3. The number of para-hydroxylation sites is 3. The summed E-state index contributed by atoms with van der Waals surface area (Å²) in [5, 5.41) is 4.97. The largest absolute Gasteiger partial charge is 0.456 e. The third-order valence-electron chi connectivity index (χ3n) is 11.7. The highest BCUT2D eigenvalue weighted by molar-refractivity contribution is 6.21. The molecule has 1 aliphatic heterocycles. The standard InChI is InChI=1S/C50H31NO/c1-3-12-30(13-4-1)32-22-24-33(25-23-32)45-36-27-26-34(31-14-5-2-6-15-31)28-40(36)50-48-41(45)29-44-46(38-17-8-10-21-43(38)52-44)47(48)39-19-11-18-37-35-16-7-9-20-42(35)51(50)49(37)39/h1-29,45,50H. The van der Waals surface area contributed by atoms with E-state index in [2.05, 4.69) is 180 Å². The van der Waals surface area contributed by atoms with E-state index in [-0.39, 0.29) is 12.0 Å². The second kappa shape index (κ2) is 10.4. The summed E-state index contributed by atoms with van der Waals surface area (Å²) in [6, 6.07) is 64.8. The van der Waals surface area contributed by atoms with Crippen molar-refractivity contribution in [1.82, 2.24) is 4.57 Å². The van der Waals surface area contributed by atoms with Gasteiger partial charge in [0.25, 0.3) is 0 Å². The molecule has 2 unspecified atom stereocenters. The Morgan fingerprint density at radius 2 is 1.10 bits per heavy atom. The van der Waals surface area contributed by atoms with Crippen molar-refractivity contribution in [2.24, 2.45) is 0 Å². The summed E-state index contributed by atoms with van der Waals surface area (Å²) in [6.07, 6.45) is 0. The molecule has 0 saturated carbocycles. The van der Waals surface area contributed by atoms with Gasteiger partial charge < -0.3 is 8.98 Å². The highest BCUT2D eigenvalue weighted by atomic mass is 16.3. The smallest absolute Gasteiger partial charge is 0.136 e. The van der Waals surface area contributed by atoms with E-state index in [1.807, 2.05) is 0 Å². The van der Waals surface area contributed by atoms with Gasteiger partial charge in [0, 0.05) is 44.1 Å². The lowest BCUT2D eigenvalue weighted by atomic mass is 9.68. The van der Waals surface area contributed by atoms with Crippen LogP contribution in [-0.2, 0) is 0 Å². The summed E-state index contributed by atoms with van der Waals surface area (Å²) in [6.45, 7) is 0. The molecular weight excluding hydrogens is 631 g/mol. The lowest BCUT2D eigenvalue weighted by Crippen LogP contribution is -2.27. The van der Waals surface area contributed by atoms with E-state index >= 15 is 0 Å². The molecule has 1 aliphatic carbocycles. The number of hydrogen-bond donors (Lipinski definition) is 0. The Bertz CT molecular complexity index is 3060. The molecule has 0 amide bonds. The fourth-order valence-electron chi connectivity index (χ4n) is 9.59. The van der Waals surface area contributed by atoms with Gasteiger partial charge in [-0.1, -0.05) is 152 Å². The maximum Gasteiger partial charge on any atom is 0.136 e. The first-order valence-corrected chi connectivity index (χ1v) is 18.2. The van der Waals surface area contributed by atoms with E-state index in [0.29, 0.717) is 0 Å². The van der Waals surface area contributed by atoms with Crippen LogP contribution < -0.4 is 0 Å². The van der Waals surface area contributed by atoms with Gasteiger partial charge >= 0.3 is 0 Å². The predicted molar refractivity (Wildman–Crippen MR) is 214 cm³/mol. The molecule has 8 aromatic carbocycles. The van der Waals surface area contributed by atoms with Gasteiger partial charge in [0.05, 0.1) is 11.6 Å². The van der Waals surface area contributed by atoms with Crippen molar-refractivity contribution < 1.29 is 4.42 Å². The molecule has 0 saturated heterocycles. The van der Waals surface area contributed by atoms with Crippen LogP contribution in [0.25, 0.3) is 77.1 Å². The fourth-order valence-corrected chi connectivity index (χ4v) is 9.59. The zero-order chi connectivity index (χ0) is 33.9. The fraction of sp³-hybridized carbons (Fsp3) is 0.0400. The molecule has 3 heterocycles. The molecule has 2 aliphatic rings. The summed E-state index contributed by atoms with van der Waals surface area (Å²) in [4.78, 5) is 0. The van der Waals surface area contributed by atoms with E-state index in [0.717, 1.165) is 11.2 Å². The van der Waals surface area contributed by atoms with Crippen molar-refractivity contribution in [2.75, 3.05) is 0 Å². The normalized spacial score (nSPS) is 15.7. The quantitative estimate of drug-likeness (QED) is 0.184. The first-order chi connectivity index (χ1) is 25.8. The highest BCUT2D eigenvalue weighted by Gasteiger charge is 2.42. The lowest BCUT2D eigenvalue weighted by molar-refractivity contribution is 0.657. The first-order valence-electron chi connectivity index (χ1n) is 18.2. The molecule has 0 spiro atoms. The van der Waals surface area contributed by atoms with Crippen LogP contribution in [0.4, 0.5) is 0 Å². The molecule has 0 fully saturated rings. The van der Waals surface area contributed by atoms with Gasteiger partial charge in [-0.3, -0.25) is 0 Å². The molecule has 2 heteroatoms. The zero-order valence-electron chi connectivity index (χ0n) is 28.3. The average Bonchev–Trinajstić information content (AvgIpc) is 3.76. The van der Waals surface area contributed by atoms with Crippen molar-refractivity contribution in [3.8, 4) is 33.4 Å². The number of nitrogens with zero attached hydrogens (tertiary/aromatic N) is 1. The number of fused-ring (bicyclic) bond motifs is 11. The molecule has 2 aromatic heterocycles. The maximum atomic E-state index is 6.78. The monoisotopic (exact) mass is 661 g/mol. The highest BCUT2D eigenvalue weighted by Crippen LogP contribution is 2.58. The Morgan fingerprint density at radius 1 is 0.442 bits per heavy atom. The van der Waals surface area contributed by atoms with Crippen molar-refractivity contribution in [1.29, 1.82) is 0 Å². The van der Waals surface area contributed by atoms with Gasteiger partial charge in [0.1, 0.15) is 11.2 Å². The van der Waals surface area contributed by atoms with E-state index in [1.54, 1.807) is 0 Å². The molecule has 0 bridgehead atoms. The van der Waals surface area contributed by atoms with Crippen LogP contribution in [0.3, 0.4) is 0 Å². The van der Waals surface area contributed by atoms with Crippen LogP contribution in [0.15, 0.2) is 180 Å². The van der Waals surface area contributed by atoms with Gasteiger partial charge in [-0.05, 0) is 74.3 Å². The summed E-state index contributed by atoms with van der Waals surface area (Å²) in [5.74, 6) is 0.0230. The van der Waals surface area contributed by atoms with Crippen molar-refractivity contribution in [2.45, 2.75) is 12.0 Å². The van der Waals surface area contributed by atoms with Crippen LogP contribution in [-0.4, -0.2) is 4.57 Å². The van der Waals surface area contributed by atoms with Gasteiger partial charge in [-0.2, -0.15) is 0 Å². The Hall–Kier alpha value is -6.64. The Labute approximate surface area is 300 Å². The molecular formula is C50H31NO. The Kier molecular flexibility index (Phi) is 5.64. The number of aromatic nitrogens is 1. The average molecular weight is 662 g/mol. The van der Waals surface area contributed by atoms with E-state index in [4.69, 9.17) is 4.42 Å². The molecule has 2 nitrogen and oxygen atoms in total. The van der Waals surface area contributed by atoms with Crippen LogP contribution in [0.1, 0.15) is 39.8 Å². The first kappa shape index (κ1) is 28.1. The van der Waals surface area contributed by atoms with Crippen molar-refractivity contribution in [3.05, 3.63) is 204 Å². The van der Waals surface area contributed by atoms with Crippen molar-refractivity contribution >= 4 is 43.7 Å². The molecule has 0 radical (unpaired) electrons. The minimum atomic E-state index is -0.0149. The third-order valence-corrected chi connectivity index (χ3v) is 11.7. The van der Waals surface area contributed by atoms with E-state index in [1.165, 1.54) is 93.8 Å². The molecule has 2 atom stereocenters. The maximum absolute atomic E-state index is 6.78. The van der Waals surface area contributed by atoms with Gasteiger partial charge in [0.15, 0.2) is 0 Å². The second-order valence-corrected chi connectivity index (χ2v) is 14.3. The van der Waals surface area contributed by atoms with Crippen LogP contribution >= 0.6 is 0 Å². The minimum absolute atomic E-state index is 0.0149. The molecule has 12 rings (SSSR count). The summed E-state index contributed by atoms with van der Waals surface area (Å²) >= 11 is 0. The summed E-state index contributed by atoms with van der Waals surface area (Å²) in [7, 11) is 0. The minimum Gasteiger partial charge on any atom is -0.456 e. The van der Waals surface area contributed by atoms with E-state index < -0.39 is 0 Å². The molecule has 10 aromatic rings. The molecule has 0 N–H and O–H groups in total. The van der Waals surface area contributed by atoms with Crippen molar-refractivity contribution in [3.63, 3.8) is 0 Å². The van der Waals surface area contributed by atoms with Crippen LogP contribution in [0.5, 0.6) is 0 Å². The van der Waals surface area contributed by atoms with Crippen LogP contribution in [0.2, 0.25) is 0 Å². The molecule has 52 heavy (non-hydrogen) atoms. The number of benzene rings is 8. The van der Waals surface area contributed by atoms with E-state index in [9.17, 15) is 0 Å².